The van der Waals surface area contributed by atoms with Crippen LogP contribution in [-0.4, -0.2) is 23.6 Å². The number of hydrogen-bond donors (Lipinski definition) is 4. The van der Waals surface area contributed by atoms with Gasteiger partial charge >= 0.3 is 0 Å². The molecule has 1 aromatic heterocycles. The molecule has 180 valence electrons. The average Bonchev–Trinajstić information content (AvgIpc) is 2.89. The number of halogens is 1. The third-order valence-corrected chi connectivity index (χ3v) is 7.00. The van der Waals surface area contributed by atoms with Crippen LogP contribution >= 0.6 is 11.6 Å². The summed E-state index contributed by atoms with van der Waals surface area (Å²) in [6.07, 6.45) is 0. The van der Waals surface area contributed by atoms with Crippen LogP contribution in [-0.2, 0) is 10.0 Å². The topological polar surface area (TPSA) is 116 Å². The van der Waals surface area contributed by atoms with Gasteiger partial charge in [-0.25, -0.2) is 18.4 Å². The molecular weight excluding hydrogens is 498 g/mol. The summed E-state index contributed by atoms with van der Waals surface area (Å²) in [5.74, 6) is 0.315. The second kappa shape index (κ2) is 9.82. The Bertz CT molecular complexity index is 1640. The zero-order chi connectivity index (χ0) is 25.1. The van der Waals surface area contributed by atoms with Gasteiger partial charge in [-0.3, -0.25) is 15.4 Å². The molecule has 0 saturated heterocycles. The number of anilines is 4. The highest BCUT2D eigenvalue weighted by atomic mass is 35.5. The summed E-state index contributed by atoms with van der Waals surface area (Å²) < 4.78 is 28.7. The second-order valence-corrected chi connectivity index (χ2v) is 9.98. The third-order valence-electron chi connectivity index (χ3n) is 5.40. The molecule has 10 heteroatoms. The van der Waals surface area contributed by atoms with Gasteiger partial charge < -0.3 is 5.32 Å². The van der Waals surface area contributed by atoms with Crippen LogP contribution in [0.25, 0.3) is 22.2 Å². The third kappa shape index (κ3) is 5.08. The number of hydrogen-bond acceptors (Lipinski definition) is 7. The Balaban J connectivity index is 1.52. The molecule has 0 spiro atoms. The maximum absolute atomic E-state index is 13.1. The van der Waals surface area contributed by atoms with Gasteiger partial charge in [-0.15, -0.1) is 0 Å². The number of para-hydroxylation sites is 2. The number of nitrogens with one attached hydrogen (secondary N) is 3. The van der Waals surface area contributed by atoms with Gasteiger partial charge in [0.05, 0.1) is 21.6 Å². The number of fused-ring (bicyclic) bond motifs is 1. The van der Waals surface area contributed by atoms with E-state index in [9.17, 15) is 8.42 Å². The van der Waals surface area contributed by atoms with Crippen molar-refractivity contribution in [3.63, 3.8) is 0 Å². The van der Waals surface area contributed by atoms with Gasteiger partial charge in [0.15, 0.2) is 11.6 Å². The number of rotatable bonds is 7. The lowest BCUT2D eigenvalue weighted by atomic mass is 10.0. The fourth-order valence-corrected chi connectivity index (χ4v) is 4.74. The molecule has 0 amide bonds. The molecule has 5 aromatic rings. The van der Waals surface area contributed by atoms with Crippen molar-refractivity contribution in [1.29, 1.82) is 0 Å². The maximum Gasteiger partial charge on any atom is 0.263 e. The van der Waals surface area contributed by atoms with Crippen LogP contribution in [0.3, 0.4) is 0 Å². The maximum atomic E-state index is 13.1. The summed E-state index contributed by atoms with van der Waals surface area (Å²) in [6, 6.07) is 27.9. The first-order chi connectivity index (χ1) is 17.4. The minimum Gasteiger partial charge on any atom is -0.337 e. The minimum absolute atomic E-state index is 0.0515. The van der Waals surface area contributed by atoms with Crippen LogP contribution in [0.5, 0.6) is 0 Å². The molecule has 0 saturated carbocycles. The van der Waals surface area contributed by atoms with Crippen LogP contribution in [0.15, 0.2) is 102 Å². The van der Waals surface area contributed by atoms with Crippen molar-refractivity contribution >= 4 is 55.7 Å². The van der Waals surface area contributed by atoms with E-state index in [0.29, 0.717) is 27.4 Å². The van der Waals surface area contributed by atoms with Gasteiger partial charge in [0.1, 0.15) is 0 Å². The molecule has 36 heavy (non-hydrogen) atoms. The normalized spacial score (nSPS) is 11.3. The van der Waals surface area contributed by atoms with Gasteiger partial charge in [-0.1, -0.05) is 48.0 Å². The summed E-state index contributed by atoms with van der Waals surface area (Å²) in [5.41, 5.74) is 6.39. The summed E-state index contributed by atoms with van der Waals surface area (Å²) in [7, 11) is -3.95. The van der Waals surface area contributed by atoms with E-state index < -0.39 is 10.0 Å². The number of sulfonamides is 1. The summed E-state index contributed by atoms with van der Waals surface area (Å²) >= 11 is 5.91. The van der Waals surface area contributed by atoms with Crippen molar-refractivity contribution in [3.8, 4) is 11.1 Å². The summed E-state index contributed by atoms with van der Waals surface area (Å²) in [5, 5.41) is 12.7. The second-order valence-electron chi connectivity index (χ2n) is 7.86. The molecule has 0 fully saturated rings. The van der Waals surface area contributed by atoms with E-state index in [-0.39, 0.29) is 16.5 Å². The fraction of sp³-hybridized carbons (Fsp3) is 0. The summed E-state index contributed by atoms with van der Waals surface area (Å²) in [4.78, 5) is 9.21. The molecule has 4 N–H and O–H groups in total. The minimum atomic E-state index is -3.95. The molecule has 1 heterocycles. The van der Waals surface area contributed by atoms with Crippen LogP contribution in [0.4, 0.5) is 23.0 Å². The first-order valence-electron chi connectivity index (χ1n) is 10.8. The van der Waals surface area contributed by atoms with Crippen molar-refractivity contribution in [2.45, 2.75) is 4.90 Å². The van der Waals surface area contributed by atoms with Crippen molar-refractivity contribution in [1.82, 2.24) is 9.97 Å². The zero-order valence-corrected chi connectivity index (χ0v) is 20.3. The Morgan fingerprint density at radius 3 is 2.03 bits per heavy atom. The van der Waals surface area contributed by atoms with E-state index >= 15 is 0 Å². The van der Waals surface area contributed by atoms with Crippen LogP contribution < -0.4 is 15.5 Å². The Kier molecular flexibility index (Phi) is 6.43. The van der Waals surface area contributed by atoms with E-state index in [1.54, 1.807) is 24.3 Å². The van der Waals surface area contributed by atoms with E-state index in [0.717, 1.165) is 11.1 Å². The van der Waals surface area contributed by atoms with Gasteiger partial charge in [0.25, 0.3) is 10.0 Å². The molecule has 0 aliphatic rings. The highest BCUT2D eigenvalue weighted by molar-refractivity contribution is 7.92. The van der Waals surface area contributed by atoms with Gasteiger partial charge in [-0.2, -0.15) is 0 Å². The smallest absolute Gasteiger partial charge is 0.263 e. The number of nitrogens with zero attached hydrogens (tertiary/aromatic N) is 2. The monoisotopic (exact) mass is 517 g/mol. The van der Waals surface area contributed by atoms with Gasteiger partial charge in [0, 0.05) is 10.7 Å². The van der Waals surface area contributed by atoms with E-state index in [1.807, 2.05) is 48.5 Å². The molecule has 0 radical (unpaired) electrons. The van der Waals surface area contributed by atoms with Gasteiger partial charge in [-0.05, 0) is 71.8 Å². The lowest BCUT2D eigenvalue weighted by Crippen LogP contribution is -2.16. The fourth-order valence-electron chi connectivity index (χ4n) is 3.61. The van der Waals surface area contributed by atoms with Crippen molar-refractivity contribution in [2.75, 3.05) is 15.5 Å². The highest BCUT2D eigenvalue weighted by Gasteiger charge is 2.19. The SMILES string of the molecule is O=S(=O)(Nc1nc2ccccc2nc1Nc1cccc(-c2ccc(NO)cc2)c1)c1ccc(Cl)cc1. The number of benzene rings is 4. The van der Waals surface area contributed by atoms with E-state index in [2.05, 4.69) is 25.5 Å². The Labute approximate surface area is 212 Å². The molecule has 5 rings (SSSR count). The molecule has 0 bridgehead atoms. The number of aromatic nitrogens is 2. The lowest BCUT2D eigenvalue weighted by molar-refractivity contribution is 0.389. The van der Waals surface area contributed by atoms with Gasteiger partial charge in [0.2, 0.25) is 0 Å². The van der Waals surface area contributed by atoms with Crippen molar-refractivity contribution in [2.24, 2.45) is 0 Å². The van der Waals surface area contributed by atoms with Crippen molar-refractivity contribution < 1.29 is 13.6 Å². The Hall–Kier alpha value is -4.18. The molecule has 0 aliphatic heterocycles. The predicted octanol–water partition coefficient (Wildman–Crippen LogP) is 6.30. The molecule has 0 atom stereocenters. The standard InChI is InChI=1S/C26H20ClN5O3S/c27-19-10-14-22(15-11-19)36(34,35)32-26-25(29-23-6-1-2-7-24(23)30-26)28-21-5-3-4-18(16-21)17-8-12-20(31-33)13-9-17/h1-16,31,33H,(H,28,29)(H,30,32). The van der Waals surface area contributed by atoms with Crippen LogP contribution in [0, 0.1) is 0 Å². The first kappa shape index (κ1) is 23.6. The average molecular weight is 518 g/mol. The molecular formula is C26H20ClN5O3S. The largest absolute Gasteiger partial charge is 0.337 e. The van der Waals surface area contributed by atoms with Crippen LogP contribution in [0.2, 0.25) is 5.02 Å². The van der Waals surface area contributed by atoms with E-state index in [1.165, 1.54) is 24.3 Å². The quantitative estimate of drug-likeness (QED) is 0.187. The molecule has 0 aliphatic carbocycles. The Morgan fingerprint density at radius 2 is 1.36 bits per heavy atom. The molecule has 8 nitrogen and oxygen atoms in total. The predicted molar refractivity (Wildman–Crippen MR) is 142 cm³/mol. The lowest BCUT2D eigenvalue weighted by Gasteiger charge is -2.14. The van der Waals surface area contributed by atoms with E-state index in [4.69, 9.17) is 16.8 Å². The van der Waals surface area contributed by atoms with Crippen molar-refractivity contribution in [3.05, 3.63) is 102 Å². The first-order valence-corrected chi connectivity index (χ1v) is 12.7. The molecule has 4 aromatic carbocycles. The van der Waals surface area contributed by atoms with Crippen LogP contribution in [0.1, 0.15) is 0 Å². The zero-order valence-electron chi connectivity index (χ0n) is 18.7. The highest BCUT2D eigenvalue weighted by Crippen LogP contribution is 2.30. The Morgan fingerprint density at radius 1 is 0.694 bits per heavy atom. The molecule has 0 unspecified atom stereocenters. The summed E-state index contributed by atoms with van der Waals surface area (Å²) in [6.45, 7) is 0.